The lowest BCUT2D eigenvalue weighted by Gasteiger charge is -2.20. The molecule has 0 aliphatic heterocycles. The van der Waals surface area contributed by atoms with Crippen molar-refractivity contribution in [2.75, 3.05) is 18.5 Å². The molecule has 100 valence electrons. The van der Waals surface area contributed by atoms with E-state index in [1.807, 2.05) is 6.07 Å². The Morgan fingerprint density at radius 3 is 2.74 bits per heavy atom. The van der Waals surface area contributed by atoms with Gasteiger partial charge in [-0.3, -0.25) is 10.1 Å². The fourth-order valence-corrected chi connectivity index (χ4v) is 1.67. The van der Waals surface area contributed by atoms with E-state index in [4.69, 9.17) is 10.4 Å². The Morgan fingerprint density at radius 1 is 1.63 bits per heavy atom. The summed E-state index contributed by atoms with van der Waals surface area (Å²) in [5.41, 5.74) is -0.0262. The molecule has 1 aromatic carbocycles. The van der Waals surface area contributed by atoms with E-state index < -0.39 is 10.9 Å². The molecule has 0 saturated carbocycles. The van der Waals surface area contributed by atoms with Crippen molar-refractivity contribution in [3.8, 4) is 6.07 Å². The summed E-state index contributed by atoms with van der Waals surface area (Å²) < 4.78 is 0. The first-order valence-corrected chi connectivity index (χ1v) is 5.49. The van der Waals surface area contributed by atoms with E-state index in [9.17, 15) is 14.9 Å². The van der Waals surface area contributed by atoms with Crippen LogP contribution in [0.4, 0.5) is 11.4 Å². The van der Waals surface area contributed by atoms with Crippen LogP contribution in [0.3, 0.4) is 0 Å². The summed E-state index contributed by atoms with van der Waals surface area (Å²) in [6.07, 6.45) is 0. The third kappa shape index (κ3) is 3.42. The van der Waals surface area contributed by atoms with E-state index in [1.165, 1.54) is 17.0 Å². The molecule has 1 N–H and O–H groups in total. The molecule has 0 amide bonds. The van der Waals surface area contributed by atoms with Crippen LogP contribution in [-0.2, 0) is 0 Å². The number of carboxylic acid groups (broad SMARTS) is 1. The molecule has 0 bridgehead atoms. The Morgan fingerprint density at radius 2 is 2.26 bits per heavy atom. The molecule has 7 heteroatoms. The Hall–Kier alpha value is -2.62. The number of rotatable bonds is 5. The van der Waals surface area contributed by atoms with Gasteiger partial charge in [0.05, 0.1) is 22.5 Å². The van der Waals surface area contributed by atoms with Crippen molar-refractivity contribution in [1.82, 2.24) is 0 Å². The molecular formula is C12H13N3O4. The smallest absolute Gasteiger partial charge is 0.335 e. The molecule has 0 aliphatic rings. The Kier molecular flexibility index (Phi) is 4.42. The molecule has 0 radical (unpaired) electrons. The highest BCUT2D eigenvalue weighted by Crippen LogP contribution is 2.29. The largest absolute Gasteiger partial charge is 0.478 e. The third-order valence-electron chi connectivity index (χ3n) is 2.60. The number of nitro benzene ring substituents is 1. The van der Waals surface area contributed by atoms with Gasteiger partial charge in [0.1, 0.15) is 5.69 Å². The van der Waals surface area contributed by atoms with Crippen molar-refractivity contribution in [3.05, 3.63) is 33.9 Å². The first-order chi connectivity index (χ1) is 8.86. The second kappa shape index (κ2) is 5.82. The normalized spacial score (nSPS) is 11.4. The molecule has 1 atom stereocenters. The predicted octanol–water partition coefficient (Wildman–Crippen LogP) is 1.89. The van der Waals surface area contributed by atoms with E-state index in [0.29, 0.717) is 0 Å². The molecule has 0 fully saturated rings. The highest BCUT2D eigenvalue weighted by atomic mass is 16.6. The second-order valence-electron chi connectivity index (χ2n) is 4.18. The number of hydrogen-bond acceptors (Lipinski definition) is 5. The van der Waals surface area contributed by atoms with Gasteiger partial charge in [-0.15, -0.1) is 0 Å². The Bertz CT molecular complexity index is 550. The minimum absolute atomic E-state index is 0.0305. The van der Waals surface area contributed by atoms with Gasteiger partial charge in [0.15, 0.2) is 0 Å². The summed E-state index contributed by atoms with van der Waals surface area (Å²) in [4.78, 5) is 22.8. The maximum Gasteiger partial charge on any atom is 0.335 e. The van der Waals surface area contributed by atoms with Gasteiger partial charge in [-0.25, -0.2) is 4.79 Å². The van der Waals surface area contributed by atoms with E-state index >= 15 is 0 Å². The number of nitriles is 1. The van der Waals surface area contributed by atoms with Crippen molar-refractivity contribution in [2.24, 2.45) is 5.92 Å². The summed E-state index contributed by atoms with van der Waals surface area (Å²) in [5.74, 6) is -1.48. The monoisotopic (exact) mass is 263 g/mol. The third-order valence-corrected chi connectivity index (χ3v) is 2.60. The molecule has 0 aromatic heterocycles. The minimum atomic E-state index is -1.15. The van der Waals surface area contributed by atoms with E-state index in [0.717, 1.165) is 6.07 Å². The number of anilines is 1. The lowest BCUT2D eigenvalue weighted by molar-refractivity contribution is -0.384. The predicted molar refractivity (Wildman–Crippen MR) is 68.1 cm³/mol. The lowest BCUT2D eigenvalue weighted by Crippen LogP contribution is -2.24. The Labute approximate surface area is 109 Å². The van der Waals surface area contributed by atoms with E-state index in [1.54, 1.807) is 14.0 Å². The van der Waals surface area contributed by atoms with Crippen LogP contribution in [-0.4, -0.2) is 29.6 Å². The standard InChI is InChI=1S/C12H13N3O4/c1-8(6-13)7-14(2)11-5-9(12(16)17)3-4-10(11)15(18)19/h3-5,8H,7H2,1-2H3,(H,16,17). The highest BCUT2D eigenvalue weighted by Gasteiger charge is 2.20. The average Bonchev–Trinajstić information content (AvgIpc) is 2.37. The van der Waals surface area contributed by atoms with Crippen molar-refractivity contribution >= 4 is 17.3 Å². The van der Waals surface area contributed by atoms with Crippen LogP contribution in [0.5, 0.6) is 0 Å². The number of carboxylic acids is 1. The summed E-state index contributed by atoms with van der Waals surface area (Å²) in [5, 5.41) is 28.6. The summed E-state index contributed by atoms with van der Waals surface area (Å²) >= 11 is 0. The van der Waals surface area contributed by atoms with Gasteiger partial charge in [0, 0.05) is 19.7 Å². The van der Waals surface area contributed by atoms with Gasteiger partial charge in [-0.2, -0.15) is 5.26 Å². The topological polar surface area (TPSA) is 107 Å². The molecule has 19 heavy (non-hydrogen) atoms. The highest BCUT2D eigenvalue weighted by molar-refractivity contribution is 5.90. The van der Waals surface area contributed by atoms with E-state index in [2.05, 4.69) is 0 Å². The molecule has 7 nitrogen and oxygen atoms in total. The number of carbonyl (C=O) groups is 1. The number of benzene rings is 1. The van der Waals surface area contributed by atoms with Crippen molar-refractivity contribution in [2.45, 2.75) is 6.92 Å². The maximum absolute atomic E-state index is 10.9. The van der Waals surface area contributed by atoms with Gasteiger partial charge in [-0.05, 0) is 19.1 Å². The van der Waals surface area contributed by atoms with Gasteiger partial charge < -0.3 is 10.0 Å². The summed E-state index contributed by atoms with van der Waals surface area (Å²) in [6, 6.07) is 5.61. The van der Waals surface area contributed by atoms with Crippen LogP contribution in [0.2, 0.25) is 0 Å². The fourth-order valence-electron chi connectivity index (χ4n) is 1.67. The zero-order chi connectivity index (χ0) is 14.6. The first kappa shape index (κ1) is 14.4. The van der Waals surface area contributed by atoms with Gasteiger partial charge in [-0.1, -0.05) is 0 Å². The summed E-state index contributed by atoms with van der Waals surface area (Å²) in [7, 11) is 1.59. The molecule has 1 rings (SSSR count). The average molecular weight is 263 g/mol. The van der Waals surface area contributed by atoms with Crippen LogP contribution >= 0.6 is 0 Å². The van der Waals surface area contributed by atoms with Crippen LogP contribution in [0.15, 0.2) is 18.2 Å². The zero-order valence-electron chi connectivity index (χ0n) is 10.5. The number of aromatic carboxylic acids is 1. The van der Waals surface area contributed by atoms with Crippen molar-refractivity contribution < 1.29 is 14.8 Å². The molecule has 0 aliphatic carbocycles. The molecule has 0 heterocycles. The van der Waals surface area contributed by atoms with Crippen molar-refractivity contribution in [3.63, 3.8) is 0 Å². The second-order valence-corrected chi connectivity index (χ2v) is 4.18. The fraction of sp³-hybridized carbons (Fsp3) is 0.333. The molecule has 1 aromatic rings. The zero-order valence-corrected chi connectivity index (χ0v) is 10.5. The SMILES string of the molecule is CC(C#N)CN(C)c1cc(C(=O)O)ccc1[N+](=O)[O-]. The summed E-state index contributed by atoms with van der Waals surface area (Å²) in [6.45, 7) is 1.96. The van der Waals surface area contributed by atoms with Crippen molar-refractivity contribution in [1.29, 1.82) is 5.26 Å². The van der Waals surface area contributed by atoms with Crippen LogP contribution in [0, 0.1) is 27.4 Å². The van der Waals surface area contributed by atoms with Crippen LogP contribution < -0.4 is 4.90 Å². The quantitative estimate of drug-likeness (QED) is 0.642. The van der Waals surface area contributed by atoms with Crippen LogP contribution in [0.1, 0.15) is 17.3 Å². The maximum atomic E-state index is 10.9. The Balaban J connectivity index is 3.21. The van der Waals surface area contributed by atoms with E-state index in [-0.39, 0.29) is 29.4 Å². The number of hydrogen-bond donors (Lipinski definition) is 1. The molecule has 0 spiro atoms. The molecule has 0 saturated heterocycles. The minimum Gasteiger partial charge on any atom is -0.478 e. The van der Waals surface area contributed by atoms with Gasteiger partial charge in [0.25, 0.3) is 5.69 Å². The van der Waals surface area contributed by atoms with Gasteiger partial charge >= 0.3 is 5.97 Å². The van der Waals surface area contributed by atoms with Gasteiger partial charge in [0.2, 0.25) is 0 Å². The first-order valence-electron chi connectivity index (χ1n) is 5.49. The molecular weight excluding hydrogens is 250 g/mol. The lowest BCUT2D eigenvalue weighted by atomic mass is 10.1. The number of nitrogens with zero attached hydrogens (tertiary/aromatic N) is 3. The molecule has 1 unspecified atom stereocenters. The number of nitro groups is 1. The van der Waals surface area contributed by atoms with Crippen LogP contribution in [0.25, 0.3) is 0 Å².